The van der Waals surface area contributed by atoms with E-state index in [9.17, 15) is 0 Å². The van der Waals surface area contributed by atoms with E-state index in [1.807, 2.05) is 0 Å². The molecule has 6 heteroatoms. The Hall–Kier alpha value is -1.59. The van der Waals surface area contributed by atoms with Gasteiger partial charge in [-0.3, -0.25) is 0 Å². The van der Waals surface area contributed by atoms with E-state index in [0.29, 0.717) is 17.9 Å². The Bertz CT molecular complexity index is 424. The molecule has 1 aromatic rings. The number of anilines is 3. The van der Waals surface area contributed by atoms with Gasteiger partial charge in [0.15, 0.2) is 0 Å². The van der Waals surface area contributed by atoms with E-state index in [4.69, 9.17) is 5.73 Å². The third-order valence-electron chi connectivity index (χ3n) is 4.04. The maximum Gasteiger partial charge on any atom is 0.231 e. The zero-order chi connectivity index (χ0) is 14.5. The minimum atomic E-state index is 0.286. The summed E-state index contributed by atoms with van der Waals surface area (Å²) in [4.78, 5) is 15.0. The number of rotatable bonds is 5. The zero-order valence-electron chi connectivity index (χ0n) is 12.8. The first-order valence-corrected chi connectivity index (χ1v) is 7.65. The summed E-state index contributed by atoms with van der Waals surface area (Å²) < 4.78 is 0. The van der Waals surface area contributed by atoms with Gasteiger partial charge in [0.25, 0.3) is 0 Å². The van der Waals surface area contributed by atoms with E-state index in [1.54, 1.807) is 0 Å². The largest absolute Gasteiger partial charge is 0.368 e. The fourth-order valence-corrected chi connectivity index (χ4v) is 2.68. The lowest BCUT2D eigenvalue weighted by Crippen LogP contribution is -2.28. The van der Waals surface area contributed by atoms with Gasteiger partial charge in [-0.05, 0) is 45.4 Å². The molecule has 112 valence electrons. The number of hydrogen-bond donors (Lipinski definition) is 2. The van der Waals surface area contributed by atoms with E-state index in [1.165, 1.54) is 25.7 Å². The van der Waals surface area contributed by atoms with E-state index < -0.39 is 0 Å². The Kier molecular flexibility index (Phi) is 4.98. The maximum absolute atomic E-state index is 5.80. The molecule has 0 spiro atoms. The topological polar surface area (TPSA) is 80.0 Å². The van der Waals surface area contributed by atoms with Crippen molar-refractivity contribution >= 4 is 17.8 Å². The quantitative estimate of drug-likeness (QED) is 0.860. The Labute approximate surface area is 121 Å². The van der Waals surface area contributed by atoms with Crippen LogP contribution in [0.4, 0.5) is 17.8 Å². The van der Waals surface area contributed by atoms with Gasteiger partial charge in [0, 0.05) is 19.1 Å². The third kappa shape index (κ3) is 3.71. The minimum Gasteiger partial charge on any atom is -0.368 e. The summed E-state index contributed by atoms with van der Waals surface area (Å²) in [6.45, 7) is 8.20. The van der Waals surface area contributed by atoms with Crippen molar-refractivity contribution in [2.24, 2.45) is 5.92 Å². The van der Waals surface area contributed by atoms with Crippen LogP contribution in [0.3, 0.4) is 0 Å². The molecule has 1 aromatic heterocycles. The number of nitrogen functional groups attached to an aromatic ring is 1. The summed E-state index contributed by atoms with van der Waals surface area (Å²) in [5.41, 5.74) is 5.80. The predicted molar refractivity (Wildman–Crippen MR) is 82.8 cm³/mol. The fourth-order valence-electron chi connectivity index (χ4n) is 2.68. The van der Waals surface area contributed by atoms with Crippen LogP contribution in [0.2, 0.25) is 0 Å². The van der Waals surface area contributed by atoms with Crippen LogP contribution < -0.4 is 16.0 Å². The molecular formula is C14H26N6. The summed E-state index contributed by atoms with van der Waals surface area (Å²) in [7, 11) is 0. The molecule has 1 fully saturated rings. The van der Waals surface area contributed by atoms with Crippen molar-refractivity contribution in [2.75, 3.05) is 29.0 Å². The van der Waals surface area contributed by atoms with Crippen LogP contribution in [0.5, 0.6) is 0 Å². The second-order valence-electron chi connectivity index (χ2n) is 5.59. The molecule has 0 unspecified atom stereocenters. The highest BCUT2D eigenvalue weighted by Gasteiger charge is 2.19. The van der Waals surface area contributed by atoms with Crippen LogP contribution >= 0.6 is 0 Å². The molecule has 1 saturated carbocycles. The van der Waals surface area contributed by atoms with Gasteiger partial charge in [0.1, 0.15) is 0 Å². The Balaban J connectivity index is 2.07. The SMILES string of the molecule is CCN(CC)c1nc(N)nc(NC2CCC(C)CC2)n1. The average Bonchev–Trinajstić information content (AvgIpc) is 2.42. The molecular weight excluding hydrogens is 252 g/mol. The summed E-state index contributed by atoms with van der Waals surface area (Å²) in [5, 5.41) is 3.42. The van der Waals surface area contributed by atoms with Gasteiger partial charge in [-0.1, -0.05) is 6.92 Å². The maximum atomic E-state index is 5.80. The van der Waals surface area contributed by atoms with Crippen molar-refractivity contribution in [3.05, 3.63) is 0 Å². The lowest BCUT2D eigenvalue weighted by Gasteiger charge is -2.27. The van der Waals surface area contributed by atoms with Crippen molar-refractivity contribution < 1.29 is 0 Å². The molecule has 0 aromatic carbocycles. The van der Waals surface area contributed by atoms with Gasteiger partial charge in [0.05, 0.1) is 0 Å². The molecule has 0 aliphatic heterocycles. The second-order valence-corrected chi connectivity index (χ2v) is 5.59. The van der Waals surface area contributed by atoms with Gasteiger partial charge in [-0.2, -0.15) is 15.0 Å². The zero-order valence-corrected chi connectivity index (χ0v) is 12.8. The fraction of sp³-hybridized carbons (Fsp3) is 0.786. The van der Waals surface area contributed by atoms with Crippen LogP contribution in [0.1, 0.15) is 46.5 Å². The van der Waals surface area contributed by atoms with Gasteiger partial charge in [-0.15, -0.1) is 0 Å². The average molecular weight is 278 g/mol. The van der Waals surface area contributed by atoms with E-state index in [2.05, 4.69) is 45.9 Å². The third-order valence-corrected chi connectivity index (χ3v) is 4.04. The summed E-state index contributed by atoms with van der Waals surface area (Å²) in [6.07, 6.45) is 4.88. The minimum absolute atomic E-state index is 0.286. The highest BCUT2D eigenvalue weighted by atomic mass is 15.3. The Morgan fingerprint density at radius 3 is 2.35 bits per heavy atom. The van der Waals surface area contributed by atoms with Gasteiger partial charge in [0.2, 0.25) is 17.8 Å². The van der Waals surface area contributed by atoms with Crippen molar-refractivity contribution in [3.63, 3.8) is 0 Å². The summed E-state index contributed by atoms with van der Waals surface area (Å²) >= 11 is 0. The number of nitrogens with two attached hydrogens (primary N) is 1. The Morgan fingerprint density at radius 2 is 1.75 bits per heavy atom. The molecule has 0 radical (unpaired) electrons. The van der Waals surface area contributed by atoms with Crippen LogP contribution in [-0.2, 0) is 0 Å². The normalized spacial score (nSPS) is 22.6. The molecule has 6 nitrogen and oxygen atoms in total. The number of aromatic nitrogens is 3. The number of nitrogens with one attached hydrogen (secondary N) is 1. The van der Waals surface area contributed by atoms with Crippen molar-refractivity contribution in [1.82, 2.24) is 15.0 Å². The summed E-state index contributed by atoms with van der Waals surface area (Å²) in [6, 6.07) is 0.456. The first-order valence-electron chi connectivity index (χ1n) is 7.65. The van der Waals surface area contributed by atoms with Crippen LogP contribution in [0.25, 0.3) is 0 Å². The molecule has 0 amide bonds. The standard InChI is InChI=1S/C14H26N6/c1-4-20(5-2)14-18-12(15)17-13(19-14)16-11-8-6-10(3)7-9-11/h10-11H,4-9H2,1-3H3,(H3,15,16,17,18,19). The van der Waals surface area contributed by atoms with Crippen molar-refractivity contribution in [2.45, 2.75) is 52.5 Å². The second kappa shape index (κ2) is 6.72. The van der Waals surface area contributed by atoms with Gasteiger partial charge < -0.3 is 16.0 Å². The van der Waals surface area contributed by atoms with Crippen LogP contribution in [-0.4, -0.2) is 34.1 Å². The highest BCUT2D eigenvalue weighted by molar-refractivity contribution is 5.42. The molecule has 0 bridgehead atoms. The predicted octanol–water partition coefficient (Wildman–Crippen LogP) is 2.29. The van der Waals surface area contributed by atoms with E-state index >= 15 is 0 Å². The highest BCUT2D eigenvalue weighted by Crippen LogP contribution is 2.25. The molecule has 20 heavy (non-hydrogen) atoms. The molecule has 3 N–H and O–H groups in total. The van der Waals surface area contributed by atoms with Crippen LogP contribution in [0.15, 0.2) is 0 Å². The Morgan fingerprint density at radius 1 is 1.10 bits per heavy atom. The van der Waals surface area contributed by atoms with E-state index in [0.717, 1.165) is 19.0 Å². The lowest BCUT2D eigenvalue weighted by molar-refractivity contribution is 0.360. The molecule has 0 atom stereocenters. The molecule has 1 aliphatic carbocycles. The van der Waals surface area contributed by atoms with Crippen molar-refractivity contribution in [3.8, 4) is 0 Å². The molecule has 1 aliphatic rings. The lowest BCUT2D eigenvalue weighted by atomic mass is 9.87. The van der Waals surface area contributed by atoms with E-state index in [-0.39, 0.29) is 5.95 Å². The first-order chi connectivity index (χ1) is 9.62. The van der Waals surface area contributed by atoms with Gasteiger partial charge in [-0.25, -0.2) is 0 Å². The summed E-state index contributed by atoms with van der Waals surface area (Å²) in [5.74, 6) is 2.39. The monoisotopic (exact) mass is 278 g/mol. The number of nitrogens with zero attached hydrogens (tertiary/aromatic N) is 4. The van der Waals surface area contributed by atoms with Crippen molar-refractivity contribution in [1.29, 1.82) is 0 Å². The van der Waals surface area contributed by atoms with Gasteiger partial charge >= 0.3 is 0 Å². The first kappa shape index (κ1) is 14.8. The molecule has 1 heterocycles. The smallest absolute Gasteiger partial charge is 0.231 e. The number of hydrogen-bond acceptors (Lipinski definition) is 6. The molecule has 0 saturated heterocycles. The van der Waals surface area contributed by atoms with Crippen LogP contribution in [0, 0.1) is 5.92 Å². The molecule has 2 rings (SSSR count).